The van der Waals surface area contributed by atoms with E-state index in [0.29, 0.717) is 61.6 Å². The Bertz CT molecular complexity index is 1090. The lowest BCUT2D eigenvalue weighted by molar-refractivity contribution is 0.0295. The number of amides is 1. The molecule has 0 spiro atoms. The molecule has 168 valence electrons. The van der Waals surface area contributed by atoms with E-state index in [0.717, 1.165) is 5.56 Å². The summed E-state index contributed by atoms with van der Waals surface area (Å²) in [4.78, 5) is 14.8. The molecule has 0 bridgehead atoms. The van der Waals surface area contributed by atoms with Crippen LogP contribution in [-0.4, -0.2) is 61.8 Å². The second kappa shape index (κ2) is 9.88. The zero-order chi connectivity index (χ0) is 22.5. The van der Waals surface area contributed by atoms with Crippen LogP contribution in [0.5, 0.6) is 0 Å². The predicted molar refractivity (Wildman–Crippen MR) is 122 cm³/mol. The van der Waals surface area contributed by atoms with Crippen LogP contribution in [0.4, 0.5) is 15.8 Å². The smallest absolute Gasteiger partial charge is 0.274 e. The van der Waals surface area contributed by atoms with Crippen molar-refractivity contribution in [2.45, 2.75) is 20.0 Å². The molecule has 3 heterocycles. The van der Waals surface area contributed by atoms with Crippen LogP contribution in [0.3, 0.4) is 0 Å². The van der Waals surface area contributed by atoms with Crippen molar-refractivity contribution in [3.8, 4) is 0 Å². The number of hydrogen-bond acceptors (Lipinski definition) is 5. The number of halogens is 1. The van der Waals surface area contributed by atoms with E-state index in [9.17, 15) is 9.18 Å². The number of nitrogens with one attached hydrogen (secondary N) is 2. The highest BCUT2D eigenvalue weighted by Gasteiger charge is 2.25. The van der Waals surface area contributed by atoms with E-state index in [1.165, 1.54) is 12.1 Å². The van der Waals surface area contributed by atoms with Gasteiger partial charge in [0.2, 0.25) is 0 Å². The standard InChI is InChI=1S/C21H24FN7O2S/c1-2-29-19(20(30)27-7-9-31-10-8-27)18(12-24-29)26-21(32)25-17-11-23-28(14-17)13-15-3-5-16(22)6-4-15/h3-6,11-12,14H,2,7-10,13H2,1H3,(H2,25,26,32). The SMILES string of the molecule is CCn1ncc(NC(=S)Nc2cnn(Cc3ccc(F)cc3)c2)c1C(=O)N1CCOCC1. The number of aromatic nitrogens is 4. The third-order valence-electron chi connectivity index (χ3n) is 5.04. The van der Waals surface area contributed by atoms with Crippen LogP contribution in [-0.2, 0) is 17.8 Å². The van der Waals surface area contributed by atoms with Gasteiger partial charge in [-0.3, -0.25) is 14.2 Å². The number of benzene rings is 1. The van der Waals surface area contributed by atoms with E-state index in [4.69, 9.17) is 17.0 Å². The molecule has 32 heavy (non-hydrogen) atoms. The van der Waals surface area contributed by atoms with Crippen LogP contribution in [0, 0.1) is 5.82 Å². The summed E-state index contributed by atoms with van der Waals surface area (Å²) in [6, 6.07) is 6.27. The van der Waals surface area contributed by atoms with E-state index in [1.807, 2.05) is 6.92 Å². The highest BCUT2D eigenvalue weighted by molar-refractivity contribution is 7.80. The summed E-state index contributed by atoms with van der Waals surface area (Å²) in [5, 5.41) is 15.1. The van der Waals surface area contributed by atoms with Gasteiger partial charge in [-0.15, -0.1) is 0 Å². The molecule has 1 amide bonds. The van der Waals surface area contributed by atoms with Gasteiger partial charge in [0, 0.05) is 25.8 Å². The van der Waals surface area contributed by atoms with Crippen LogP contribution >= 0.6 is 12.2 Å². The van der Waals surface area contributed by atoms with Crippen LogP contribution in [0.2, 0.25) is 0 Å². The number of nitrogens with zero attached hydrogens (tertiary/aromatic N) is 5. The third kappa shape index (κ3) is 5.11. The van der Waals surface area contributed by atoms with Crippen molar-refractivity contribution in [1.82, 2.24) is 24.5 Å². The lowest BCUT2D eigenvalue weighted by Crippen LogP contribution is -2.41. The van der Waals surface area contributed by atoms with Gasteiger partial charge in [0.05, 0.1) is 43.5 Å². The average molecular weight is 458 g/mol. The number of hydrogen-bond donors (Lipinski definition) is 2. The van der Waals surface area contributed by atoms with Gasteiger partial charge in [-0.25, -0.2) is 4.39 Å². The Morgan fingerprint density at radius 3 is 2.62 bits per heavy atom. The lowest BCUT2D eigenvalue weighted by Gasteiger charge is -2.27. The van der Waals surface area contributed by atoms with E-state index in [1.54, 1.807) is 45.0 Å². The Hall–Kier alpha value is -3.31. The summed E-state index contributed by atoms with van der Waals surface area (Å²) >= 11 is 5.44. The monoisotopic (exact) mass is 457 g/mol. The van der Waals surface area contributed by atoms with Crippen molar-refractivity contribution in [1.29, 1.82) is 0 Å². The minimum Gasteiger partial charge on any atom is -0.378 e. The van der Waals surface area contributed by atoms with Crippen molar-refractivity contribution in [3.63, 3.8) is 0 Å². The predicted octanol–water partition coefficient (Wildman–Crippen LogP) is 2.57. The molecule has 1 fully saturated rings. The summed E-state index contributed by atoms with van der Waals surface area (Å²) in [5.74, 6) is -0.379. The second-order valence-corrected chi connectivity index (χ2v) is 7.67. The minimum atomic E-state index is -0.272. The molecule has 0 saturated carbocycles. The third-order valence-corrected chi connectivity index (χ3v) is 5.24. The van der Waals surface area contributed by atoms with E-state index >= 15 is 0 Å². The van der Waals surface area contributed by atoms with Crippen LogP contribution in [0.15, 0.2) is 42.9 Å². The first-order valence-electron chi connectivity index (χ1n) is 10.3. The van der Waals surface area contributed by atoms with Gasteiger partial charge in [0.25, 0.3) is 5.91 Å². The van der Waals surface area contributed by atoms with Crippen molar-refractivity contribution >= 4 is 34.6 Å². The van der Waals surface area contributed by atoms with Crippen LogP contribution in [0.1, 0.15) is 23.0 Å². The first-order chi connectivity index (χ1) is 15.5. The van der Waals surface area contributed by atoms with Gasteiger partial charge in [-0.05, 0) is 36.8 Å². The highest BCUT2D eigenvalue weighted by atomic mass is 32.1. The molecule has 3 aromatic rings. The fraction of sp³-hybridized carbons (Fsp3) is 0.333. The van der Waals surface area contributed by atoms with E-state index < -0.39 is 0 Å². The van der Waals surface area contributed by atoms with Crippen molar-refractivity contribution in [2.24, 2.45) is 0 Å². The molecule has 2 aromatic heterocycles. The summed E-state index contributed by atoms with van der Waals surface area (Å²) in [7, 11) is 0. The molecule has 0 atom stereocenters. The van der Waals surface area contributed by atoms with Gasteiger partial charge in [0.1, 0.15) is 11.5 Å². The molecule has 1 aliphatic heterocycles. The Kier molecular flexibility index (Phi) is 6.76. The summed E-state index contributed by atoms with van der Waals surface area (Å²) in [5.41, 5.74) is 2.62. The van der Waals surface area contributed by atoms with Crippen molar-refractivity contribution in [3.05, 3.63) is 59.9 Å². The minimum absolute atomic E-state index is 0.106. The molecular formula is C21H24FN7O2S. The topological polar surface area (TPSA) is 89.2 Å². The number of anilines is 2. The molecule has 1 saturated heterocycles. The number of carbonyl (C=O) groups is 1. The normalized spacial score (nSPS) is 13.8. The van der Waals surface area contributed by atoms with Crippen LogP contribution in [0.25, 0.3) is 0 Å². The highest BCUT2D eigenvalue weighted by Crippen LogP contribution is 2.19. The molecule has 2 N–H and O–H groups in total. The number of thiocarbonyl (C=S) groups is 1. The van der Waals surface area contributed by atoms with Gasteiger partial charge in [-0.2, -0.15) is 10.2 Å². The quantitative estimate of drug-likeness (QED) is 0.550. The van der Waals surface area contributed by atoms with Crippen LogP contribution < -0.4 is 10.6 Å². The number of ether oxygens (including phenoxy) is 1. The van der Waals surface area contributed by atoms with Gasteiger partial charge in [0.15, 0.2) is 5.11 Å². The lowest BCUT2D eigenvalue weighted by atomic mass is 10.2. The Balaban J connectivity index is 1.41. The maximum Gasteiger partial charge on any atom is 0.274 e. The molecule has 4 rings (SSSR count). The first kappa shape index (κ1) is 21.9. The molecule has 0 unspecified atom stereocenters. The van der Waals surface area contributed by atoms with Gasteiger partial charge < -0.3 is 20.3 Å². The molecule has 9 nitrogen and oxygen atoms in total. The Morgan fingerprint density at radius 2 is 1.91 bits per heavy atom. The molecule has 1 aliphatic rings. The first-order valence-corrected chi connectivity index (χ1v) is 10.7. The van der Waals surface area contributed by atoms with Gasteiger partial charge >= 0.3 is 0 Å². The molecular weight excluding hydrogens is 433 g/mol. The molecule has 11 heteroatoms. The van der Waals surface area contributed by atoms with Crippen molar-refractivity contribution < 1.29 is 13.9 Å². The number of carbonyl (C=O) groups excluding carboxylic acids is 1. The summed E-state index contributed by atoms with van der Waals surface area (Å²) in [6.07, 6.45) is 5.04. The number of morpholine rings is 1. The van der Waals surface area contributed by atoms with E-state index in [-0.39, 0.29) is 11.7 Å². The molecule has 0 aliphatic carbocycles. The Labute approximate surface area is 190 Å². The maximum absolute atomic E-state index is 13.1. The Morgan fingerprint density at radius 1 is 1.16 bits per heavy atom. The number of aryl methyl sites for hydroxylation is 1. The molecule has 1 aromatic carbocycles. The zero-order valence-corrected chi connectivity index (χ0v) is 18.4. The fourth-order valence-electron chi connectivity index (χ4n) is 3.43. The second-order valence-electron chi connectivity index (χ2n) is 7.26. The van der Waals surface area contributed by atoms with Gasteiger partial charge in [-0.1, -0.05) is 12.1 Å². The largest absolute Gasteiger partial charge is 0.378 e. The van der Waals surface area contributed by atoms with E-state index in [2.05, 4.69) is 20.8 Å². The molecule has 0 radical (unpaired) electrons. The fourth-order valence-corrected chi connectivity index (χ4v) is 3.66. The average Bonchev–Trinajstić information content (AvgIpc) is 3.41. The maximum atomic E-state index is 13.1. The zero-order valence-electron chi connectivity index (χ0n) is 17.6. The number of rotatable bonds is 6. The van der Waals surface area contributed by atoms with Crippen molar-refractivity contribution in [2.75, 3.05) is 36.9 Å². The summed E-state index contributed by atoms with van der Waals surface area (Å²) in [6.45, 7) is 5.13. The summed E-state index contributed by atoms with van der Waals surface area (Å²) < 4.78 is 21.8.